The van der Waals surface area contributed by atoms with Crippen LogP contribution in [0.4, 0.5) is 44.1 Å². The second kappa shape index (κ2) is 9.64. The number of fused-ring (bicyclic) bond motifs is 4. The van der Waals surface area contributed by atoms with Crippen LogP contribution in [0, 0.1) is 17.0 Å². The minimum Gasteiger partial charge on any atom is -0.350 e. The lowest BCUT2D eigenvalue weighted by Gasteiger charge is -2.52. The number of urea groups is 1. The highest BCUT2D eigenvalue weighted by atomic mass is 19.4. The first-order chi connectivity index (χ1) is 19.0. The number of amides is 3. The summed E-state index contributed by atoms with van der Waals surface area (Å²) >= 11 is 0. The summed E-state index contributed by atoms with van der Waals surface area (Å²) in [7, 11) is 1.35. The van der Waals surface area contributed by atoms with Crippen LogP contribution in [-0.2, 0) is 9.63 Å². The zero-order chi connectivity index (χ0) is 30.1. The lowest BCUT2D eigenvalue weighted by atomic mass is 9.90. The number of quaternary nitrogens is 1. The largest absolute Gasteiger partial charge is 0.497 e. The molecule has 2 aromatic rings. The zero-order valence-corrected chi connectivity index (χ0v) is 22.8. The van der Waals surface area contributed by atoms with Crippen molar-refractivity contribution in [2.45, 2.75) is 51.9 Å². The predicted molar refractivity (Wildman–Crippen MR) is 138 cm³/mol. The molecule has 3 atom stereocenters. The maximum Gasteiger partial charge on any atom is 0.497 e. The molecule has 9 nitrogen and oxygen atoms in total. The summed E-state index contributed by atoms with van der Waals surface area (Å²) in [6, 6.07) is 4.25. The molecule has 0 saturated carbocycles. The highest BCUT2D eigenvalue weighted by molar-refractivity contribution is 6.08. The Balaban J connectivity index is 1.45. The van der Waals surface area contributed by atoms with Gasteiger partial charge in [-0.15, -0.1) is 0 Å². The van der Waals surface area contributed by atoms with Gasteiger partial charge in [0.1, 0.15) is 24.0 Å². The molecule has 3 saturated heterocycles. The molecule has 220 valence electrons. The van der Waals surface area contributed by atoms with Gasteiger partial charge in [-0.05, 0) is 41.8 Å². The number of hydroxylamine groups is 2. The molecule has 14 heteroatoms. The number of halogens is 5. The molecular formula is C27H29F5N5O4+. The average Bonchev–Trinajstić information content (AvgIpc) is 3.09. The molecule has 0 aliphatic carbocycles. The van der Waals surface area contributed by atoms with E-state index in [-0.39, 0.29) is 42.2 Å². The second-order valence-electron chi connectivity index (χ2n) is 11.8. The van der Waals surface area contributed by atoms with Gasteiger partial charge < -0.3 is 9.80 Å². The van der Waals surface area contributed by atoms with Gasteiger partial charge in [0.15, 0.2) is 0 Å². The summed E-state index contributed by atoms with van der Waals surface area (Å²) in [5.74, 6) is -4.18. The van der Waals surface area contributed by atoms with Crippen molar-refractivity contribution >= 4 is 35.2 Å². The van der Waals surface area contributed by atoms with Crippen LogP contribution < -0.4 is 14.4 Å². The van der Waals surface area contributed by atoms with Crippen molar-refractivity contribution in [3.8, 4) is 0 Å². The Hall–Kier alpha value is -3.81. The molecule has 4 aliphatic rings. The van der Waals surface area contributed by atoms with E-state index in [2.05, 4.69) is 4.98 Å². The van der Waals surface area contributed by atoms with Crippen molar-refractivity contribution in [1.82, 2.24) is 14.5 Å². The number of hydrogen-bond donors (Lipinski definition) is 0. The maximum absolute atomic E-state index is 14.3. The molecule has 3 fully saturated rings. The van der Waals surface area contributed by atoms with Crippen LogP contribution in [0.15, 0.2) is 30.3 Å². The molecule has 0 radical (unpaired) electrons. The number of piperazine rings is 1. The van der Waals surface area contributed by atoms with Gasteiger partial charge in [-0.1, -0.05) is 20.8 Å². The fraction of sp³-hybridized carbons (Fsp3) is 0.481. The van der Waals surface area contributed by atoms with E-state index in [1.54, 1.807) is 26.8 Å². The molecular weight excluding hydrogens is 553 g/mol. The normalized spacial score (nSPS) is 24.1. The van der Waals surface area contributed by atoms with E-state index < -0.39 is 45.8 Å². The van der Waals surface area contributed by atoms with Crippen molar-refractivity contribution in [3.63, 3.8) is 0 Å². The molecule has 41 heavy (non-hydrogen) atoms. The topological polar surface area (TPSA) is 83.0 Å². The Bertz CT molecular complexity index is 1430. The molecule has 5 heterocycles. The number of nitrogens with zero attached hydrogens (tertiary/aromatic N) is 5. The number of rotatable bonds is 4. The lowest BCUT2D eigenvalue weighted by molar-refractivity contribution is -0.226. The molecule has 6 rings (SSSR count). The lowest BCUT2D eigenvalue weighted by Crippen LogP contribution is -2.64. The fourth-order valence-corrected chi connectivity index (χ4v) is 5.86. The molecule has 0 N–H and O–H groups in total. The summed E-state index contributed by atoms with van der Waals surface area (Å²) in [4.78, 5) is 52.5. The van der Waals surface area contributed by atoms with Crippen molar-refractivity contribution in [1.29, 1.82) is 0 Å². The first-order valence-electron chi connectivity index (χ1n) is 13.0. The number of benzene rings is 1. The van der Waals surface area contributed by atoms with E-state index in [1.807, 2.05) is 4.90 Å². The quantitative estimate of drug-likeness (QED) is 0.381. The molecule has 4 aliphatic heterocycles. The number of carbonyl (C=O) groups excluding carboxylic acids is 3. The van der Waals surface area contributed by atoms with Gasteiger partial charge in [-0.2, -0.15) is 13.2 Å². The number of alkyl halides is 3. The number of piperidine rings is 2. The number of anilines is 2. The highest BCUT2D eigenvalue weighted by Gasteiger charge is 2.61. The molecule has 3 amide bonds. The highest BCUT2D eigenvalue weighted by Crippen LogP contribution is 2.46. The third-order valence-electron chi connectivity index (χ3n) is 7.55. The minimum atomic E-state index is -5.32. The van der Waals surface area contributed by atoms with E-state index in [0.717, 1.165) is 23.1 Å². The third-order valence-corrected chi connectivity index (χ3v) is 7.55. The van der Waals surface area contributed by atoms with Crippen LogP contribution in [0.2, 0.25) is 0 Å². The Morgan fingerprint density at radius 2 is 1.73 bits per heavy atom. The number of hydrogen-bond acceptors (Lipinski definition) is 6. The van der Waals surface area contributed by atoms with E-state index in [4.69, 9.17) is 4.84 Å². The summed E-state index contributed by atoms with van der Waals surface area (Å²) in [6.07, 6.45) is -4.00. The number of carbonyl (C=O) groups is 3. The Morgan fingerprint density at radius 3 is 2.34 bits per heavy atom. The molecule has 3 unspecified atom stereocenters. The third kappa shape index (κ3) is 4.98. The van der Waals surface area contributed by atoms with Crippen LogP contribution >= 0.6 is 0 Å². The van der Waals surface area contributed by atoms with Crippen LogP contribution in [0.1, 0.15) is 44.0 Å². The summed E-state index contributed by atoms with van der Waals surface area (Å²) in [6.45, 7) is 5.38. The minimum absolute atomic E-state index is 0.00525. The average molecular weight is 583 g/mol. The van der Waals surface area contributed by atoms with Crippen molar-refractivity contribution in [3.05, 3.63) is 47.5 Å². The SMILES string of the molecule is CN1C(=O)[N+](CC(C)(C)C)(OC(=O)C(F)(F)F)c2ccc(N3CC4CCC3CN4C(=O)c3cc(F)ccc3F)nc21. The Morgan fingerprint density at radius 1 is 1.05 bits per heavy atom. The summed E-state index contributed by atoms with van der Waals surface area (Å²) in [5, 5.41) is 0. The van der Waals surface area contributed by atoms with E-state index in [0.29, 0.717) is 25.2 Å². The van der Waals surface area contributed by atoms with Gasteiger partial charge >= 0.3 is 18.2 Å². The van der Waals surface area contributed by atoms with E-state index >= 15 is 0 Å². The van der Waals surface area contributed by atoms with Crippen molar-refractivity contribution in [2.24, 2.45) is 5.41 Å². The molecule has 2 bridgehead atoms. The molecule has 1 aromatic carbocycles. The van der Waals surface area contributed by atoms with Crippen LogP contribution in [-0.4, -0.2) is 72.7 Å². The zero-order valence-electron chi connectivity index (χ0n) is 22.8. The number of pyridine rings is 1. The van der Waals surface area contributed by atoms with Gasteiger partial charge in [0.05, 0.1) is 5.56 Å². The molecule has 1 aromatic heterocycles. The van der Waals surface area contributed by atoms with E-state index in [1.165, 1.54) is 18.0 Å². The maximum atomic E-state index is 14.3. The van der Waals surface area contributed by atoms with Crippen molar-refractivity contribution in [2.75, 3.05) is 36.5 Å². The number of aromatic nitrogens is 1. The second-order valence-corrected chi connectivity index (χ2v) is 11.8. The smallest absolute Gasteiger partial charge is 0.350 e. The Labute approximate surface area is 232 Å². The monoisotopic (exact) mass is 582 g/mol. The predicted octanol–water partition coefficient (Wildman–Crippen LogP) is 4.80. The van der Waals surface area contributed by atoms with Crippen LogP contribution in [0.3, 0.4) is 0 Å². The summed E-state index contributed by atoms with van der Waals surface area (Å²) < 4.78 is 66.4. The summed E-state index contributed by atoms with van der Waals surface area (Å²) in [5.41, 5.74) is -1.08. The standard InChI is InChI=1S/C27H29F5N5O4/c1-26(2,3)14-37(41-24(39)27(30,31)32)20-9-10-21(33-22(20)34(4)25(37)40)35-12-17-7-6-16(35)13-36(17)23(38)18-11-15(28)5-8-19(18)29/h5,8-11,16-17H,6-7,12-14H2,1-4H3/q+1. The van der Waals surface area contributed by atoms with Gasteiger partial charge in [0, 0.05) is 43.7 Å². The van der Waals surface area contributed by atoms with Gasteiger partial charge in [-0.3, -0.25) is 9.63 Å². The fourth-order valence-electron chi connectivity index (χ4n) is 5.86. The van der Waals surface area contributed by atoms with Gasteiger partial charge in [0.25, 0.3) is 5.91 Å². The van der Waals surface area contributed by atoms with E-state index in [9.17, 15) is 36.3 Å². The van der Waals surface area contributed by atoms with Crippen LogP contribution in [0.25, 0.3) is 0 Å². The first kappa shape index (κ1) is 28.7. The van der Waals surface area contributed by atoms with Gasteiger partial charge in [-0.25, -0.2) is 28.3 Å². The van der Waals surface area contributed by atoms with Gasteiger partial charge in [0.2, 0.25) is 11.5 Å². The van der Waals surface area contributed by atoms with Crippen LogP contribution in [0.5, 0.6) is 0 Å². The first-order valence-corrected chi connectivity index (χ1v) is 13.0. The Kier molecular flexibility index (Phi) is 6.75. The molecule has 0 spiro atoms. The van der Waals surface area contributed by atoms with Crippen molar-refractivity contribution < 1.29 is 41.2 Å².